The minimum atomic E-state index is -0.786. The van der Waals surface area contributed by atoms with Gasteiger partial charge in [0, 0.05) is 12.0 Å². The summed E-state index contributed by atoms with van der Waals surface area (Å²) in [6.45, 7) is 1.77. The van der Waals surface area contributed by atoms with Crippen molar-refractivity contribution in [1.29, 1.82) is 0 Å². The van der Waals surface area contributed by atoms with Crippen molar-refractivity contribution in [3.05, 3.63) is 0 Å². The van der Waals surface area contributed by atoms with Crippen LogP contribution in [0.2, 0.25) is 0 Å². The summed E-state index contributed by atoms with van der Waals surface area (Å²) in [6.07, 6.45) is 0.624. The molecule has 52 valence electrons. The molecule has 1 aliphatic rings. The van der Waals surface area contributed by atoms with E-state index in [0.29, 0.717) is 6.42 Å². The number of carboxylic acid groups (broad SMARTS) is 1. The zero-order valence-corrected chi connectivity index (χ0v) is 5.29. The molecule has 1 aliphatic carbocycles. The molecule has 1 rings (SSSR count). The highest BCUT2D eigenvalue weighted by atomic mass is 16.4. The molecule has 3 heteroatoms. The van der Waals surface area contributed by atoms with Gasteiger partial charge in [-0.2, -0.15) is 0 Å². The van der Waals surface area contributed by atoms with E-state index in [9.17, 15) is 4.79 Å². The van der Waals surface area contributed by atoms with Gasteiger partial charge in [-0.25, -0.2) is 0 Å². The van der Waals surface area contributed by atoms with Crippen molar-refractivity contribution >= 4 is 5.97 Å². The van der Waals surface area contributed by atoms with E-state index in [2.05, 4.69) is 0 Å². The molecule has 0 aromatic carbocycles. The fraction of sp³-hybridized carbons (Fsp3) is 0.833. The van der Waals surface area contributed by atoms with Crippen molar-refractivity contribution in [2.24, 2.45) is 11.3 Å². The highest BCUT2D eigenvalue weighted by Gasteiger charge is 2.54. The Hall–Kier alpha value is -0.570. The lowest BCUT2D eigenvalue weighted by Crippen LogP contribution is -2.10. The van der Waals surface area contributed by atoms with Crippen molar-refractivity contribution in [2.45, 2.75) is 13.3 Å². The average molecular weight is 130 g/mol. The van der Waals surface area contributed by atoms with Gasteiger partial charge in [0.25, 0.3) is 0 Å². The van der Waals surface area contributed by atoms with Crippen molar-refractivity contribution in [3.8, 4) is 0 Å². The second kappa shape index (κ2) is 1.70. The summed E-state index contributed by atoms with van der Waals surface area (Å²) in [4.78, 5) is 10.2. The first-order chi connectivity index (χ1) is 4.10. The first-order valence-electron chi connectivity index (χ1n) is 2.94. The van der Waals surface area contributed by atoms with E-state index in [-0.39, 0.29) is 17.9 Å². The van der Waals surface area contributed by atoms with E-state index in [0.717, 1.165) is 0 Å². The lowest BCUT2D eigenvalue weighted by atomic mass is 10.1. The number of aliphatic hydroxyl groups excluding tert-OH is 1. The van der Waals surface area contributed by atoms with Crippen LogP contribution in [-0.4, -0.2) is 22.8 Å². The number of hydrogen-bond donors (Lipinski definition) is 2. The van der Waals surface area contributed by atoms with Crippen LogP contribution in [0.5, 0.6) is 0 Å². The molecule has 0 spiro atoms. The van der Waals surface area contributed by atoms with Gasteiger partial charge in [0.1, 0.15) is 0 Å². The third-order valence-corrected chi connectivity index (χ3v) is 2.01. The van der Waals surface area contributed by atoms with Crippen molar-refractivity contribution in [2.75, 3.05) is 6.61 Å². The summed E-state index contributed by atoms with van der Waals surface area (Å²) >= 11 is 0. The molecule has 0 saturated heterocycles. The fourth-order valence-corrected chi connectivity index (χ4v) is 0.968. The van der Waals surface area contributed by atoms with Crippen LogP contribution in [0.4, 0.5) is 0 Å². The van der Waals surface area contributed by atoms with Crippen LogP contribution in [0, 0.1) is 11.3 Å². The maximum atomic E-state index is 10.2. The Balaban J connectivity index is 2.48. The van der Waals surface area contributed by atoms with Crippen LogP contribution in [-0.2, 0) is 4.79 Å². The third-order valence-electron chi connectivity index (χ3n) is 2.01. The van der Waals surface area contributed by atoms with Crippen molar-refractivity contribution in [1.82, 2.24) is 0 Å². The summed E-state index contributed by atoms with van der Waals surface area (Å²) in [6, 6.07) is 0. The van der Waals surface area contributed by atoms with E-state index < -0.39 is 5.97 Å². The predicted octanol–water partition coefficient (Wildman–Crippen LogP) is 0.0895. The van der Waals surface area contributed by atoms with E-state index in [1.54, 1.807) is 6.92 Å². The number of carboxylic acids is 1. The van der Waals surface area contributed by atoms with Gasteiger partial charge in [-0.15, -0.1) is 0 Å². The zero-order chi connectivity index (χ0) is 7.07. The molecule has 0 unspecified atom stereocenters. The zero-order valence-electron chi connectivity index (χ0n) is 5.29. The highest BCUT2D eigenvalue weighted by Crippen LogP contribution is 2.51. The van der Waals surface area contributed by atoms with E-state index >= 15 is 0 Å². The Bertz CT molecular complexity index is 143. The predicted molar refractivity (Wildman–Crippen MR) is 30.9 cm³/mol. The number of carbonyl (C=O) groups is 1. The van der Waals surface area contributed by atoms with Crippen molar-refractivity contribution in [3.63, 3.8) is 0 Å². The number of hydrogen-bond acceptors (Lipinski definition) is 2. The molecule has 0 aromatic heterocycles. The molecule has 0 aliphatic heterocycles. The van der Waals surface area contributed by atoms with Gasteiger partial charge in [-0.3, -0.25) is 4.79 Å². The molecule has 2 N–H and O–H groups in total. The number of aliphatic carboxylic acids is 1. The van der Waals surface area contributed by atoms with Gasteiger partial charge >= 0.3 is 5.97 Å². The Labute approximate surface area is 53.3 Å². The van der Waals surface area contributed by atoms with E-state index in [4.69, 9.17) is 10.2 Å². The Morgan fingerprint density at radius 2 is 2.44 bits per heavy atom. The highest BCUT2D eigenvalue weighted by molar-refractivity contribution is 5.74. The van der Waals surface area contributed by atoms with Crippen LogP contribution >= 0.6 is 0 Å². The molecule has 0 bridgehead atoms. The second-order valence-electron chi connectivity index (χ2n) is 2.91. The molecule has 0 aromatic rings. The minimum Gasteiger partial charge on any atom is -0.481 e. The van der Waals surface area contributed by atoms with Crippen LogP contribution in [0.1, 0.15) is 13.3 Å². The van der Waals surface area contributed by atoms with Crippen LogP contribution in [0.25, 0.3) is 0 Å². The fourth-order valence-electron chi connectivity index (χ4n) is 0.968. The molecular weight excluding hydrogens is 120 g/mol. The van der Waals surface area contributed by atoms with Gasteiger partial charge in [-0.1, -0.05) is 6.92 Å². The summed E-state index contributed by atoms with van der Waals surface area (Å²) in [5, 5.41) is 17.0. The second-order valence-corrected chi connectivity index (χ2v) is 2.91. The van der Waals surface area contributed by atoms with Gasteiger partial charge in [0.2, 0.25) is 0 Å². The Morgan fingerprint density at radius 3 is 2.56 bits per heavy atom. The first-order valence-corrected chi connectivity index (χ1v) is 2.94. The van der Waals surface area contributed by atoms with Crippen LogP contribution < -0.4 is 0 Å². The molecule has 2 atom stereocenters. The first kappa shape index (κ1) is 6.55. The Kier molecular flexibility index (Phi) is 1.24. The molecule has 1 saturated carbocycles. The van der Waals surface area contributed by atoms with Gasteiger partial charge in [0.15, 0.2) is 0 Å². The van der Waals surface area contributed by atoms with Crippen LogP contribution in [0.3, 0.4) is 0 Å². The van der Waals surface area contributed by atoms with Crippen LogP contribution in [0.15, 0.2) is 0 Å². The van der Waals surface area contributed by atoms with Crippen molar-refractivity contribution < 1.29 is 15.0 Å². The molecule has 0 amide bonds. The summed E-state index contributed by atoms with van der Waals surface area (Å²) in [5.41, 5.74) is -0.314. The molecule has 0 heterocycles. The Morgan fingerprint density at radius 1 is 1.89 bits per heavy atom. The largest absolute Gasteiger partial charge is 0.481 e. The molecule has 0 radical (unpaired) electrons. The standard InChI is InChI=1S/C6H10O3/c1-6(3-7)2-4(6)5(8)9/h4,7H,2-3H2,1H3,(H,8,9)/t4-,6+/m0/s1. The smallest absolute Gasteiger partial charge is 0.307 e. The normalized spacial score (nSPS) is 40.4. The number of rotatable bonds is 2. The summed E-state index contributed by atoms with van der Waals surface area (Å²) in [7, 11) is 0. The molecule has 9 heavy (non-hydrogen) atoms. The van der Waals surface area contributed by atoms with Gasteiger partial charge in [-0.05, 0) is 6.42 Å². The SMILES string of the molecule is C[C@]1(CO)C[C@H]1C(=O)O. The quantitative estimate of drug-likeness (QED) is 0.557. The summed E-state index contributed by atoms with van der Waals surface area (Å²) in [5.74, 6) is -1.09. The van der Waals surface area contributed by atoms with Gasteiger partial charge < -0.3 is 10.2 Å². The summed E-state index contributed by atoms with van der Waals surface area (Å²) < 4.78 is 0. The average Bonchev–Trinajstić information content (AvgIpc) is 2.44. The lowest BCUT2D eigenvalue weighted by Gasteiger charge is -2.00. The molecule has 1 fully saturated rings. The third kappa shape index (κ3) is 0.920. The number of aliphatic hydroxyl groups is 1. The van der Waals surface area contributed by atoms with E-state index in [1.165, 1.54) is 0 Å². The molecule has 3 nitrogen and oxygen atoms in total. The van der Waals surface area contributed by atoms with E-state index in [1.807, 2.05) is 0 Å². The lowest BCUT2D eigenvalue weighted by molar-refractivity contribution is -0.139. The minimum absolute atomic E-state index is 0.00995. The maximum Gasteiger partial charge on any atom is 0.307 e. The maximum absolute atomic E-state index is 10.2. The molecular formula is C6H10O3. The van der Waals surface area contributed by atoms with Gasteiger partial charge in [0.05, 0.1) is 5.92 Å². The monoisotopic (exact) mass is 130 g/mol. The topological polar surface area (TPSA) is 57.5 Å².